The molecule has 1 amide bonds. The van der Waals surface area contributed by atoms with E-state index in [0.717, 1.165) is 25.7 Å². The molecule has 174 valence electrons. The van der Waals surface area contributed by atoms with Gasteiger partial charge in [-0.1, -0.05) is 30.9 Å². The highest BCUT2D eigenvalue weighted by Crippen LogP contribution is 2.31. The number of benzene rings is 1. The lowest BCUT2D eigenvalue weighted by molar-refractivity contribution is -0.0440. The van der Waals surface area contributed by atoms with Crippen LogP contribution in [0.15, 0.2) is 35.4 Å². The van der Waals surface area contributed by atoms with Crippen LogP contribution in [0.2, 0.25) is 5.02 Å². The summed E-state index contributed by atoms with van der Waals surface area (Å²) in [6, 6.07) is 6.35. The van der Waals surface area contributed by atoms with Crippen LogP contribution < -0.4 is 5.32 Å². The second-order valence-electron chi connectivity index (χ2n) is 8.63. The van der Waals surface area contributed by atoms with Crippen molar-refractivity contribution >= 4 is 33.3 Å². The first kappa shape index (κ1) is 23.2. The Balaban J connectivity index is 1.57. The summed E-state index contributed by atoms with van der Waals surface area (Å²) in [6.07, 6.45) is 6.81. The molecule has 10 heteroatoms. The van der Waals surface area contributed by atoms with Crippen molar-refractivity contribution in [3.63, 3.8) is 0 Å². The van der Waals surface area contributed by atoms with E-state index in [-0.39, 0.29) is 46.8 Å². The third kappa shape index (κ3) is 4.85. The molecule has 1 N–H and O–H groups in total. The fourth-order valence-electron chi connectivity index (χ4n) is 4.53. The molecule has 1 aliphatic heterocycles. The van der Waals surface area contributed by atoms with E-state index in [4.69, 9.17) is 16.3 Å². The molecule has 8 nitrogen and oxygen atoms in total. The zero-order chi connectivity index (χ0) is 22.9. The maximum atomic E-state index is 13.3. The summed E-state index contributed by atoms with van der Waals surface area (Å²) in [5.41, 5.74) is 0.221. The molecule has 0 bridgehead atoms. The minimum atomic E-state index is -3.88. The highest BCUT2D eigenvalue weighted by atomic mass is 35.5. The molecule has 1 saturated heterocycles. The van der Waals surface area contributed by atoms with Crippen LogP contribution >= 0.6 is 11.6 Å². The number of aromatic nitrogens is 2. The molecule has 1 saturated carbocycles. The molecule has 0 radical (unpaired) electrons. The topological polar surface area (TPSA) is 93.5 Å². The van der Waals surface area contributed by atoms with Crippen LogP contribution in [0.4, 0.5) is 5.82 Å². The van der Waals surface area contributed by atoms with Crippen LogP contribution in [0.5, 0.6) is 0 Å². The van der Waals surface area contributed by atoms with Crippen LogP contribution in [0.3, 0.4) is 0 Å². The quantitative estimate of drug-likeness (QED) is 0.695. The summed E-state index contributed by atoms with van der Waals surface area (Å²) in [7, 11) is -3.88. The van der Waals surface area contributed by atoms with Crippen LogP contribution in [-0.2, 0) is 14.8 Å². The Morgan fingerprint density at radius 2 is 1.81 bits per heavy atom. The highest BCUT2D eigenvalue weighted by Gasteiger charge is 2.34. The van der Waals surface area contributed by atoms with Gasteiger partial charge in [0.1, 0.15) is 10.7 Å². The molecule has 0 spiro atoms. The van der Waals surface area contributed by atoms with Crippen molar-refractivity contribution in [2.75, 3.05) is 18.4 Å². The summed E-state index contributed by atoms with van der Waals surface area (Å²) >= 11 is 6.26. The van der Waals surface area contributed by atoms with E-state index in [1.54, 1.807) is 12.3 Å². The molecule has 2 fully saturated rings. The van der Waals surface area contributed by atoms with E-state index in [9.17, 15) is 13.2 Å². The number of ether oxygens (including phenoxy) is 1. The highest BCUT2D eigenvalue weighted by molar-refractivity contribution is 7.89. The van der Waals surface area contributed by atoms with Gasteiger partial charge in [-0.25, -0.2) is 13.1 Å². The molecule has 1 aromatic carbocycles. The number of anilines is 1. The van der Waals surface area contributed by atoms with Crippen molar-refractivity contribution in [2.24, 2.45) is 0 Å². The first-order valence-corrected chi connectivity index (χ1v) is 12.9. The van der Waals surface area contributed by atoms with Gasteiger partial charge < -0.3 is 10.1 Å². The fourth-order valence-corrected chi connectivity index (χ4v) is 6.62. The summed E-state index contributed by atoms with van der Waals surface area (Å²) in [4.78, 5) is 12.9. The molecule has 2 atom stereocenters. The second kappa shape index (κ2) is 9.51. The fraction of sp³-hybridized carbons (Fsp3) is 0.545. The van der Waals surface area contributed by atoms with E-state index in [0.29, 0.717) is 5.82 Å². The zero-order valence-corrected chi connectivity index (χ0v) is 19.9. The summed E-state index contributed by atoms with van der Waals surface area (Å²) in [6.45, 7) is 4.14. The van der Waals surface area contributed by atoms with E-state index < -0.39 is 15.9 Å². The van der Waals surface area contributed by atoms with Gasteiger partial charge in [-0.2, -0.15) is 9.40 Å². The predicted molar refractivity (Wildman–Crippen MR) is 123 cm³/mol. The molecule has 0 unspecified atom stereocenters. The number of carbonyl (C=O) groups excluding carboxylic acids is 1. The van der Waals surface area contributed by atoms with Crippen molar-refractivity contribution < 1.29 is 17.9 Å². The number of morpholine rings is 1. The Labute approximate surface area is 193 Å². The largest absolute Gasteiger partial charge is 0.373 e. The molecular formula is C22H29ClN4O4S. The monoisotopic (exact) mass is 480 g/mol. The van der Waals surface area contributed by atoms with Crippen molar-refractivity contribution in [3.8, 4) is 0 Å². The number of sulfonamides is 1. The first-order chi connectivity index (χ1) is 15.3. The van der Waals surface area contributed by atoms with Gasteiger partial charge in [0.05, 0.1) is 29.5 Å². The van der Waals surface area contributed by atoms with Gasteiger partial charge in [-0.3, -0.25) is 4.79 Å². The lowest BCUT2D eigenvalue weighted by Crippen LogP contribution is -2.48. The van der Waals surface area contributed by atoms with Crippen LogP contribution in [0.25, 0.3) is 0 Å². The van der Waals surface area contributed by atoms with E-state index >= 15 is 0 Å². The smallest absolute Gasteiger partial charge is 0.256 e. The molecule has 4 rings (SSSR count). The van der Waals surface area contributed by atoms with Crippen LogP contribution in [0, 0.1) is 0 Å². The van der Waals surface area contributed by atoms with Gasteiger partial charge >= 0.3 is 0 Å². The van der Waals surface area contributed by atoms with Crippen molar-refractivity contribution in [1.29, 1.82) is 0 Å². The van der Waals surface area contributed by atoms with Crippen LogP contribution in [0.1, 0.15) is 62.4 Å². The number of nitrogens with zero attached hydrogens (tertiary/aromatic N) is 3. The van der Waals surface area contributed by atoms with Gasteiger partial charge in [-0.15, -0.1) is 0 Å². The molecule has 2 aromatic rings. The standard InChI is InChI=1S/C22H29ClN4O4S/c1-15-13-26(14-16(2)31-15)32(29,30)20-12-17(8-9-19(20)23)22(28)25-21-10-11-24-27(21)18-6-4-3-5-7-18/h8-12,15-16,18H,3-7,13-14H2,1-2H3,(H,25,28)/t15-,16+. The van der Waals surface area contributed by atoms with Crippen molar-refractivity contribution in [3.05, 3.63) is 41.0 Å². The maximum absolute atomic E-state index is 13.3. The third-order valence-electron chi connectivity index (χ3n) is 6.03. The second-order valence-corrected chi connectivity index (χ2v) is 10.9. The van der Waals surface area contributed by atoms with Gasteiger partial charge in [-0.05, 0) is 44.9 Å². The summed E-state index contributed by atoms with van der Waals surface area (Å²) < 4.78 is 35.5. The Bertz CT molecular complexity index is 1070. The van der Waals surface area contributed by atoms with Gasteiger partial charge in [0.25, 0.3) is 5.91 Å². The first-order valence-electron chi connectivity index (χ1n) is 11.1. The van der Waals surface area contributed by atoms with Crippen molar-refractivity contribution in [1.82, 2.24) is 14.1 Å². The Kier molecular flexibility index (Phi) is 6.90. The van der Waals surface area contributed by atoms with Crippen LogP contribution in [-0.4, -0.2) is 53.7 Å². The lowest BCUT2D eigenvalue weighted by atomic mass is 9.96. The average molecular weight is 481 g/mol. The molecule has 1 aliphatic carbocycles. The Hall–Kier alpha value is -1.94. The molecular weight excluding hydrogens is 452 g/mol. The molecule has 2 heterocycles. The van der Waals surface area contributed by atoms with Gasteiger partial charge in [0.15, 0.2) is 0 Å². The summed E-state index contributed by atoms with van der Waals surface area (Å²) in [5, 5.41) is 7.37. The number of nitrogens with one attached hydrogen (secondary N) is 1. The number of hydrogen-bond acceptors (Lipinski definition) is 5. The number of halogens is 1. The Morgan fingerprint density at radius 3 is 2.50 bits per heavy atom. The maximum Gasteiger partial charge on any atom is 0.256 e. The number of rotatable bonds is 5. The van der Waals surface area contributed by atoms with Crippen molar-refractivity contribution in [2.45, 2.75) is 69.1 Å². The predicted octanol–water partition coefficient (Wildman–Crippen LogP) is 4.09. The lowest BCUT2D eigenvalue weighted by Gasteiger charge is -2.34. The third-order valence-corrected chi connectivity index (χ3v) is 8.34. The number of carbonyl (C=O) groups is 1. The van der Waals surface area contributed by atoms with E-state index in [1.165, 1.54) is 28.9 Å². The number of amides is 1. The Morgan fingerprint density at radius 1 is 1.12 bits per heavy atom. The summed E-state index contributed by atoms with van der Waals surface area (Å²) in [5.74, 6) is 0.205. The van der Waals surface area contributed by atoms with Gasteiger partial charge in [0, 0.05) is 24.7 Å². The normalized spacial score (nSPS) is 23.2. The molecule has 2 aliphatic rings. The number of hydrogen-bond donors (Lipinski definition) is 1. The minimum Gasteiger partial charge on any atom is -0.373 e. The SMILES string of the molecule is C[C@@H]1CN(S(=O)(=O)c2cc(C(=O)Nc3ccnn3C3CCCCC3)ccc2Cl)C[C@H](C)O1. The van der Waals surface area contributed by atoms with E-state index in [2.05, 4.69) is 10.4 Å². The van der Waals surface area contributed by atoms with E-state index in [1.807, 2.05) is 18.5 Å². The van der Waals surface area contributed by atoms with Gasteiger partial charge in [0.2, 0.25) is 10.0 Å². The molecule has 32 heavy (non-hydrogen) atoms. The zero-order valence-electron chi connectivity index (χ0n) is 18.3. The molecule has 1 aromatic heterocycles. The minimum absolute atomic E-state index is 0.0751. The average Bonchev–Trinajstić information content (AvgIpc) is 3.22.